The van der Waals surface area contributed by atoms with E-state index >= 15 is 0 Å². The van der Waals surface area contributed by atoms with Crippen molar-refractivity contribution in [1.82, 2.24) is 4.90 Å². The lowest BCUT2D eigenvalue weighted by Crippen LogP contribution is -2.46. The second-order valence-electron chi connectivity index (χ2n) is 5.88. The molecule has 2 saturated heterocycles. The molecular formula is C16H20F2N2O3. The minimum atomic E-state index is -0.917. The number of nitrogens with two attached hydrogens (primary N) is 1. The molecule has 2 aliphatic rings. The van der Waals surface area contributed by atoms with Crippen LogP contribution in [-0.4, -0.2) is 49.3 Å². The maximum absolute atomic E-state index is 13.4. The van der Waals surface area contributed by atoms with Crippen molar-refractivity contribution in [3.05, 3.63) is 35.4 Å². The van der Waals surface area contributed by atoms with Gasteiger partial charge in [0.15, 0.2) is 11.6 Å². The van der Waals surface area contributed by atoms with Gasteiger partial charge in [0.1, 0.15) is 12.2 Å². The first kappa shape index (κ1) is 16.3. The lowest BCUT2D eigenvalue weighted by Gasteiger charge is -2.34. The Morgan fingerprint density at radius 1 is 1.30 bits per heavy atom. The minimum Gasteiger partial charge on any atom is -0.370 e. The second-order valence-corrected chi connectivity index (χ2v) is 5.88. The molecule has 1 amide bonds. The van der Waals surface area contributed by atoms with Crippen LogP contribution in [0.3, 0.4) is 0 Å². The number of morpholine rings is 1. The molecule has 0 radical (unpaired) electrons. The highest BCUT2D eigenvalue weighted by atomic mass is 19.2. The highest BCUT2D eigenvalue weighted by Crippen LogP contribution is 2.26. The molecule has 5 nitrogen and oxygen atoms in total. The van der Waals surface area contributed by atoms with Crippen molar-refractivity contribution in [2.45, 2.75) is 31.2 Å². The molecule has 7 heteroatoms. The smallest absolute Gasteiger partial charge is 0.251 e. The molecule has 0 saturated carbocycles. The van der Waals surface area contributed by atoms with Crippen molar-refractivity contribution in [2.75, 3.05) is 26.2 Å². The molecule has 2 heterocycles. The van der Waals surface area contributed by atoms with E-state index < -0.39 is 23.8 Å². The summed E-state index contributed by atoms with van der Waals surface area (Å²) in [5, 5.41) is 0. The van der Waals surface area contributed by atoms with E-state index in [4.69, 9.17) is 15.2 Å². The van der Waals surface area contributed by atoms with Crippen LogP contribution in [0, 0.1) is 11.6 Å². The van der Waals surface area contributed by atoms with Crippen molar-refractivity contribution in [3.63, 3.8) is 0 Å². The van der Waals surface area contributed by atoms with Crippen molar-refractivity contribution in [2.24, 2.45) is 5.73 Å². The van der Waals surface area contributed by atoms with Gasteiger partial charge in [0.05, 0.1) is 19.3 Å². The summed E-state index contributed by atoms with van der Waals surface area (Å²) >= 11 is 0. The Labute approximate surface area is 133 Å². The normalized spacial score (nSPS) is 28.1. The highest BCUT2D eigenvalue weighted by molar-refractivity contribution is 5.81. The fourth-order valence-electron chi connectivity index (χ4n) is 3.03. The first-order valence-electron chi connectivity index (χ1n) is 7.79. The van der Waals surface area contributed by atoms with Gasteiger partial charge in [-0.1, -0.05) is 6.07 Å². The standard InChI is InChI=1S/C16H20F2N2O3/c17-12-3-1-10(7-13(12)18)15-9-20(5-6-22-15)16(21)14-4-2-11(8-19)23-14/h1,3,7,11,14-15H,2,4-6,8-9,19H2/t11-,14+,15?/m1/s1. The maximum Gasteiger partial charge on any atom is 0.251 e. The van der Waals surface area contributed by atoms with Crippen molar-refractivity contribution in [3.8, 4) is 0 Å². The third-order valence-corrected chi connectivity index (χ3v) is 4.34. The molecule has 0 aromatic heterocycles. The summed E-state index contributed by atoms with van der Waals surface area (Å²) in [4.78, 5) is 14.2. The molecule has 0 bridgehead atoms. The van der Waals surface area contributed by atoms with Gasteiger partial charge in [-0.3, -0.25) is 4.79 Å². The molecule has 0 aliphatic carbocycles. The Hall–Kier alpha value is -1.57. The fraction of sp³-hybridized carbons (Fsp3) is 0.562. The Kier molecular flexibility index (Phi) is 4.89. The Morgan fingerprint density at radius 2 is 2.13 bits per heavy atom. The molecule has 2 N–H and O–H groups in total. The summed E-state index contributed by atoms with van der Waals surface area (Å²) in [7, 11) is 0. The largest absolute Gasteiger partial charge is 0.370 e. The number of carbonyl (C=O) groups is 1. The second kappa shape index (κ2) is 6.90. The monoisotopic (exact) mass is 326 g/mol. The predicted molar refractivity (Wildman–Crippen MR) is 78.6 cm³/mol. The van der Waals surface area contributed by atoms with E-state index in [2.05, 4.69) is 0 Å². The summed E-state index contributed by atoms with van der Waals surface area (Å²) in [5.74, 6) is -1.90. The Morgan fingerprint density at radius 3 is 2.83 bits per heavy atom. The van der Waals surface area contributed by atoms with E-state index in [0.29, 0.717) is 38.2 Å². The van der Waals surface area contributed by atoms with Gasteiger partial charge in [0, 0.05) is 13.1 Å². The molecule has 3 rings (SSSR count). The lowest BCUT2D eigenvalue weighted by molar-refractivity contribution is -0.150. The number of rotatable bonds is 3. The van der Waals surface area contributed by atoms with Gasteiger partial charge in [-0.05, 0) is 30.5 Å². The number of halogens is 2. The van der Waals surface area contributed by atoms with Crippen LogP contribution in [0.5, 0.6) is 0 Å². The van der Waals surface area contributed by atoms with Crippen LogP contribution in [0.2, 0.25) is 0 Å². The minimum absolute atomic E-state index is 0.0630. The first-order chi connectivity index (χ1) is 11.1. The molecule has 1 unspecified atom stereocenters. The number of ether oxygens (including phenoxy) is 2. The van der Waals surface area contributed by atoms with Crippen LogP contribution < -0.4 is 5.73 Å². The van der Waals surface area contributed by atoms with Gasteiger partial charge < -0.3 is 20.1 Å². The number of hydrogen-bond acceptors (Lipinski definition) is 4. The van der Waals surface area contributed by atoms with Crippen molar-refractivity contribution in [1.29, 1.82) is 0 Å². The van der Waals surface area contributed by atoms with Crippen LogP contribution in [0.15, 0.2) is 18.2 Å². The Balaban J connectivity index is 1.66. The van der Waals surface area contributed by atoms with E-state index in [9.17, 15) is 13.6 Å². The van der Waals surface area contributed by atoms with E-state index in [0.717, 1.165) is 18.6 Å². The van der Waals surface area contributed by atoms with E-state index in [1.54, 1.807) is 4.90 Å². The van der Waals surface area contributed by atoms with E-state index in [1.807, 2.05) is 0 Å². The topological polar surface area (TPSA) is 64.8 Å². The van der Waals surface area contributed by atoms with Gasteiger partial charge in [0.2, 0.25) is 0 Å². The zero-order valence-corrected chi connectivity index (χ0v) is 12.7. The quantitative estimate of drug-likeness (QED) is 0.911. The van der Waals surface area contributed by atoms with Gasteiger partial charge in [-0.25, -0.2) is 8.78 Å². The van der Waals surface area contributed by atoms with Gasteiger partial charge in [0.25, 0.3) is 5.91 Å². The fourth-order valence-corrected chi connectivity index (χ4v) is 3.03. The predicted octanol–water partition coefficient (Wildman–Crippen LogP) is 1.37. The zero-order chi connectivity index (χ0) is 16.4. The van der Waals surface area contributed by atoms with Gasteiger partial charge >= 0.3 is 0 Å². The molecule has 23 heavy (non-hydrogen) atoms. The molecular weight excluding hydrogens is 306 g/mol. The van der Waals surface area contributed by atoms with Crippen LogP contribution >= 0.6 is 0 Å². The molecule has 3 atom stereocenters. The van der Waals surface area contributed by atoms with E-state index in [1.165, 1.54) is 6.07 Å². The summed E-state index contributed by atoms with van der Waals surface area (Å²) in [6.45, 7) is 1.52. The molecule has 1 aromatic carbocycles. The van der Waals surface area contributed by atoms with E-state index in [-0.39, 0.29) is 12.0 Å². The number of amides is 1. The number of hydrogen-bond donors (Lipinski definition) is 1. The summed E-state index contributed by atoms with van der Waals surface area (Å²) < 4.78 is 37.6. The molecule has 1 aromatic rings. The average Bonchev–Trinajstić information content (AvgIpc) is 3.06. The molecule has 2 aliphatic heterocycles. The highest BCUT2D eigenvalue weighted by Gasteiger charge is 2.35. The van der Waals surface area contributed by atoms with Crippen molar-refractivity contribution < 1.29 is 23.0 Å². The van der Waals surface area contributed by atoms with Crippen molar-refractivity contribution >= 4 is 5.91 Å². The summed E-state index contributed by atoms with van der Waals surface area (Å²) in [6, 6.07) is 3.67. The first-order valence-corrected chi connectivity index (χ1v) is 7.79. The van der Waals surface area contributed by atoms with Gasteiger partial charge in [-0.2, -0.15) is 0 Å². The van der Waals surface area contributed by atoms with Crippen LogP contribution in [0.1, 0.15) is 24.5 Å². The van der Waals surface area contributed by atoms with Gasteiger partial charge in [-0.15, -0.1) is 0 Å². The summed E-state index contributed by atoms with van der Waals surface area (Å²) in [5.41, 5.74) is 6.08. The van der Waals surface area contributed by atoms with Crippen LogP contribution in [-0.2, 0) is 14.3 Å². The molecule has 0 spiro atoms. The van der Waals surface area contributed by atoms with Crippen LogP contribution in [0.25, 0.3) is 0 Å². The lowest BCUT2D eigenvalue weighted by atomic mass is 10.1. The zero-order valence-electron chi connectivity index (χ0n) is 12.7. The number of benzene rings is 1. The third-order valence-electron chi connectivity index (χ3n) is 4.34. The SMILES string of the molecule is NC[C@H]1CC[C@@H](C(=O)N2CCOC(c3ccc(F)c(F)c3)C2)O1. The number of carbonyl (C=O) groups excluding carboxylic acids is 1. The maximum atomic E-state index is 13.4. The molecule has 126 valence electrons. The average molecular weight is 326 g/mol. The third kappa shape index (κ3) is 3.52. The number of nitrogens with zero attached hydrogens (tertiary/aromatic N) is 1. The Bertz CT molecular complexity index is 584. The molecule has 2 fully saturated rings. The summed E-state index contributed by atoms with van der Waals surface area (Å²) in [6.07, 6.45) is 0.450. The van der Waals surface area contributed by atoms with Crippen LogP contribution in [0.4, 0.5) is 8.78 Å².